The zero-order chi connectivity index (χ0) is 12.8. The van der Waals surface area contributed by atoms with E-state index in [2.05, 4.69) is 18.4 Å². The molecule has 0 bridgehead atoms. The van der Waals surface area contributed by atoms with Crippen molar-refractivity contribution in [1.82, 2.24) is 4.57 Å². The van der Waals surface area contributed by atoms with Crippen molar-refractivity contribution in [2.75, 3.05) is 13.1 Å². The van der Waals surface area contributed by atoms with E-state index in [9.17, 15) is 0 Å². The zero-order valence-electron chi connectivity index (χ0n) is 12.4. The SMILES string of the molecule is CCN(CC)[SiH2]OC(C1CCCC1)C1CCCC1. The molecule has 0 amide bonds. The van der Waals surface area contributed by atoms with Gasteiger partial charge in [-0.2, -0.15) is 0 Å². The third kappa shape index (κ3) is 3.81. The molecule has 2 saturated carbocycles. The second-order valence-electron chi connectivity index (χ2n) is 6.15. The quantitative estimate of drug-likeness (QED) is 0.659. The summed E-state index contributed by atoms with van der Waals surface area (Å²) in [5.74, 6) is 1.80. The first-order valence-electron chi connectivity index (χ1n) is 8.19. The van der Waals surface area contributed by atoms with Gasteiger partial charge in [-0.1, -0.05) is 39.5 Å². The largest absolute Gasteiger partial charge is 0.405 e. The molecule has 0 aromatic rings. The summed E-state index contributed by atoms with van der Waals surface area (Å²) < 4.78 is 9.06. The summed E-state index contributed by atoms with van der Waals surface area (Å²) in [5.41, 5.74) is 0. The van der Waals surface area contributed by atoms with Crippen LogP contribution < -0.4 is 0 Å². The lowest BCUT2D eigenvalue weighted by molar-refractivity contribution is 0.0722. The monoisotopic (exact) mass is 269 g/mol. The van der Waals surface area contributed by atoms with Crippen molar-refractivity contribution < 1.29 is 4.43 Å². The van der Waals surface area contributed by atoms with Gasteiger partial charge < -0.3 is 8.99 Å². The summed E-state index contributed by atoms with van der Waals surface area (Å²) in [6.45, 7) is 6.87. The third-order valence-corrected chi connectivity index (χ3v) is 6.87. The highest BCUT2D eigenvalue weighted by molar-refractivity contribution is 6.23. The molecule has 18 heavy (non-hydrogen) atoms. The highest BCUT2D eigenvalue weighted by Crippen LogP contribution is 2.38. The van der Waals surface area contributed by atoms with Crippen LogP contribution in [0, 0.1) is 11.8 Å². The van der Waals surface area contributed by atoms with Gasteiger partial charge in [0, 0.05) is 0 Å². The van der Waals surface area contributed by atoms with E-state index in [0.717, 1.165) is 11.8 Å². The van der Waals surface area contributed by atoms with Crippen molar-refractivity contribution in [3.63, 3.8) is 0 Å². The highest BCUT2D eigenvalue weighted by atomic mass is 28.2. The van der Waals surface area contributed by atoms with Gasteiger partial charge in [0.2, 0.25) is 9.92 Å². The Hall–Kier alpha value is 0.137. The van der Waals surface area contributed by atoms with Crippen molar-refractivity contribution in [1.29, 1.82) is 0 Å². The fourth-order valence-electron chi connectivity index (χ4n) is 3.83. The maximum Gasteiger partial charge on any atom is 0.238 e. The van der Waals surface area contributed by atoms with E-state index in [1.54, 1.807) is 0 Å². The molecule has 3 heteroatoms. The van der Waals surface area contributed by atoms with Gasteiger partial charge in [0.1, 0.15) is 0 Å². The lowest BCUT2D eigenvalue weighted by Crippen LogP contribution is -2.37. The molecule has 2 nitrogen and oxygen atoms in total. The Morgan fingerprint density at radius 3 is 1.78 bits per heavy atom. The van der Waals surface area contributed by atoms with Crippen molar-refractivity contribution in [3.8, 4) is 0 Å². The van der Waals surface area contributed by atoms with E-state index in [1.165, 1.54) is 64.5 Å². The molecule has 0 unspecified atom stereocenters. The van der Waals surface area contributed by atoms with Crippen LogP contribution in [0.4, 0.5) is 0 Å². The summed E-state index contributed by atoms with van der Waals surface area (Å²) in [6, 6.07) is 0. The van der Waals surface area contributed by atoms with Crippen LogP contribution in [0.2, 0.25) is 0 Å². The summed E-state index contributed by atoms with van der Waals surface area (Å²) >= 11 is 0. The minimum atomic E-state index is -0.456. The van der Waals surface area contributed by atoms with Gasteiger partial charge in [-0.15, -0.1) is 0 Å². The lowest BCUT2D eigenvalue weighted by atomic mass is 9.89. The van der Waals surface area contributed by atoms with Crippen LogP contribution in [0.5, 0.6) is 0 Å². The van der Waals surface area contributed by atoms with Gasteiger partial charge in [0.05, 0.1) is 6.10 Å². The van der Waals surface area contributed by atoms with E-state index >= 15 is 0 Å². The van der Waals surface area contributed by atoms with E-state index in [1.807, 2.05) is 0 Å². The Balaban J connectivity index is 1.86. The molecule has 0 aliphatic heterocycles. The fourth-order valence-corrected chi connectivity index (χ4v) is 5.12. The van der Waals surface area contributed by atoms with Crippen molar-refractivity contribution in [2.45, 2.75) is 71.3 Å². The van der Waals surface area contributed by atoms with E-state index in [0.29, 0.717) is 6.10 Å². The van der Waals surface area contributed by atoms with Gasteiger partial charge in [0.25, 0.3) is 0 Å². The van der Waals surface area contributed by atoms with Crippen molar-refractivity contribution >= 4 is 9.92 Å². The predicted octanol–water partition coefficient (Wildman–Crippen LogP) is 3.09. The zero-order valence-corrected chi connectivity index (χ0v) is 13.8. The van der Waals surface area contributed by atoms with Crippen molar-refractivity contribution in [2.24, 2.45) is 11.8 Å². The van der Waals surface area contributed by atoms with Gasteiger partial charge in [-0.25, -0.2) is 0 Å². The molecule has 2 aliphatic carbocycles. The summed E-state index contributed by atoms with van der Waals surface area (Å²) in [5, 5.41) is 0. The fraction of sp³-hybridized carbons (Fsp3) is 1.00. The van der Waals surface area contributed by atoms with Gasteiger partial charge in [0.15, 0.2) is 0 Å². The van der Waals surface area contributed by atoms with Crippen LogP contribution in [0.3, 0.4) is 0 Å². The number of rotatable bonds is 7. The maximum absolute atomic E-state index is 6.52. The summed E-state index contributed by atoms with van der Waals surface area (Å²) in [6.07, 6.45) is 12.2. The summed E-state index contributed by atoms with van der Waals surface area (Å²) in [4.78, 5) is 0. The Bertz CT molecular complexity index is 205. The molecule has 0 spiro atoms. The Morgan fingerprint density at radius 1 is 0.944 bits per heavy atom. The third-order valence-electron chi connectivity index (χ3n) is 5.07. The Morgan fingerprint density at radius 2 is 1.39 bits per heavy atom. The van der Waals surface area contributed by atoms with Crippen LogP contribution in [0.1, 0.15) is 65.2 Å². The molecule has 2 fully saturated rings. The smallest absolute Gasteiger partial charge is 0.238 e. The topological polar surface area (TPSA) is 12.5 Å². The first kappa shape index (κ1) is 14.5. The molecule has 2 aliphatic rings. The number of nitrogens with zero attached hydrogens (tertiary/aromatic N) is 1. The maximum atomic E-state index is 6.52. The average Bonchev–Trinajstić information content (AvgIpc) is 3.07. The predicted molar refractivity (Wildman–Crippen MR) is 80.3 cm³/mol. The lowest BCUT2D eigenvalue weighted by Gasteiger charge is -2.32. The molecular weight excluding hydrogens is 238 g/mol. The van der Waals surface area contributed by atoms with Gasteiger partial charge in [-0.05, 0) is 50.6 Å². The molecular formula is C15H31NOSi. The average molecular weight is 270 g/mol. The van der Waals surface area contributed by atoms with Crippen LogP contribution in [-0.2, 0) is 4.43 Å². The Kier molecular flexibility index (Phi) is 6.19. The van der Waals surface area contributed by atoms with Crippen LogP contribution in [0.25, 0.3) is 0 Å². The van der Waals surface area contributed by atoms with Crippen molar-refractivity contribution in [3.05, 3.63) is 0 Å². The minimum Gasteiger partial charge on any atom is -0.405 e. The van der Waals surface area contributed by atoms with E-state index < -0.39 is 9.92 Å². The molecule has 0 atom stereocenters. The number of hydrogen-bond acceptors (Lipinski definition) is 2. The highest BCUT2D eigenvalue weighted by Gasteiger charge is 2.33. The first-order valence-corrected chi connectivity index (χ1v) is 9.40. The van der Waals surface area contributed by atoms with Gasteiger partial charge >= 0.3 is 0 Å². The molecule has 0 heterocycles. The molecule has 0 aromatic heterocycles. The normalized spacial score (nSPS) is 23.3. The molecule has 0 aromatic carbocycles. The van der Waals surface area contributed by atoms with E-state index in [-0.39, 0.29) is 0 Å². The molecule has 2 rings (SSSR count). The van der Waals surface area contributed by atoms with Crippen LogP contribution in [-0.4, -0.2) is 33.7 Å². The Labute approximate surface area is 115 Å². The molecule has 106 valence electrons. The standard InChI is InChI=1S/C15H31NOSi/c1-3-16(4-2)18-17-15(13-9-5-6-10-13)14-11-7-8-12-14/h13-15H,3-12,18H2,1-2H3. The van der Waals surface area contributed by atoms with Crippen LogP contribution in [0.15, 0.2) is 0 Å². The molecule has 0 radical (unpaired) electrons. The molecule has 0 saturated heterocycles. The number of hydrogen-bond donors (Lipinski definition) is 0. The second kappa shape index (κ2) is 7.66. The minimum absolute atomic E-state index is 0.456. The van der Waals surface area contributed by atoms with Gasteiger partial charge in [-0.3, -0.25) is 0 Å². The van der Waals surface area contributed by atoms with E-state index in [4.69, 9.17) is 4.43 Å². The first-order chi connectivity index (χ1) is 8.85. The summed E-state index contributed by atoms with van der Waals surface area (Å²) in [7, 11) is -0.456. The molecule has 0 N–H and O–H groups in total. The second-order valence-corrected chi connectivity index (χ2v) is 7.64. The van der Waals surface area contributed by atoms with Crippen LogP contribution >= 0.6 is 0 Å².